The summed E-state index contributed by atoms with van der Waals surface area (Å²) in [5, 5.41) is 1.73. The van der Waals surface area contributed by atoms with Crippen molar-refractivity contribution in [1.29, 1.82) is 0 Å². The fourth-order valence-electron chi connectivity index (χ4n) is 1.55. The molecule has 0 fully saturated rings. The Bertz CT molecular complexity index is 605. The average Bonchev–Trinajstić information content (AvgIpc) is 2.77. The van der Waals surface area contributed by atoms with Gasteiger partial charge in [0.1, 0.15) is 5.75 Å². The van der Waals surface area contributed by atoms with Gasteiger partial charge in [-0.2, -0.15) is 0 Å². The van der Waals surface area contributed by atoms with Crippen molar-refractivity contribution >= 4 is 33.0 Å². The highest BCUT2D eigenvalue weighted by atomic mass is 79.9. The molecule has 1 aromatic carbocycles. The number of thiophene rings is 1. The Hall–Kier alpha value is -1.34. The third-order valence-electron chi connectivity index (χ3n) is 2.41. The number of carbonyl (C=O) groups excluding carboxylic acids is 1. The van der Waals surface area contributed by atoms with Crippen LogP contribution in [0.1, 0.15) is 15.9 Å². The van der Waals surface area contributed by atoms with Crippen molar-refractivity contribution in [3.8, 4) is 5.75 Å². The van der Waals surface area contributed by atoms with Crippen LogP contribution in [-0.4, -0.2) is 12.1 Å². The van der Waals surface area contributed by atoms with Crippen molar-refractivity contribution in [1.82, 2.24) is 0 Å². The Labute approximate surface area is 125 Å². The quantitative estimate of drug-likeness (QED) is 0.726. The number of carbonyl (C=O) groups is 1. The van der Waals surface area contributed by atoms with Gasteiger partial charge in [0, 0.05) is 17.4 Å². The number of benzene rings is 1. The zero-order valence-corrected chi connectivity index (χ0v) is 12.3. The number of halogens is 4. The Morgan fingerprint density at radius 1 is 1.25 bits per heavy atom. The van der Waals surface area contributed by atoms with Crippen molar-refractivity contribution < 1.29 is 22.7 Å². The van der Waals surface area contributed by atoms with Crippen molar-refractivity contribution in [2.75, 3.05) is 0 Å². The van der Waals surface area contributed by atoms with Crippen LogP contribution < -0.4 is 4.74 Å². The van der Waals surface area contributed by atoms with Crippen molar-refractivity contribution in [2.24, 2.45) is 0 Å². The lowest BCUT2D eigenvalue weighted by molar-refractivity contribution is -0.274. The van der Waals surface area contributed by atoms with Gasteiger partial charge in [-0.3, -0.25) is 4.79 Å². The van der Waals surface area contributed by atoms with Gasteiger partial charge in [0.25, 0.3) is 0 Å². The molecule has 0 aliphatic rings. The minimum Gasteiger partial charge on any atom is -0.406 e. The number of ether oxygens (including phenoxy) is 1. The van der Waals surface area contributed by atoms with E-state index in [1.807, 2.05) is 0 Å². The Balaban J connectivity index is 2.02. The highest BCUT2D eigenvalue weighted by Crippen LogP contribution is 2.24. The molecule has 2 aromatic rings. The lowest BCUT2D eigenvalue weighted by Gasteiger charge is -2.09. The van der Waals surface area contributed by atoms with Crippen LogP contribution in [0.25, 0.3) is 0 Å². The standard InChI is InChI=1S/C13H8BrF3O2S/c14-12-6-9(7-20-12)11(18)5-8-1-3-10(4-2-8)19-13(15,16)17/h1-4,6-7H,5H2. The highest BCUT2D eigenvalue weighted by Gasteiger charge is 2.30. The first-order chi connectivity index (χ1) is 9.33. The lowest BCUT2D eigenvalue weighted by atomic mass is 10.1. The molecule has 106 valence electrons. The third kappa shape index (κ3) is 4.35. The molecule has 0 atom stereocenters. The van der Waals surface area contributed by atoms with E-state index in [4.69, 9.17) is 0 Å². The summed E-state index contributed by atoms with van der Waals surface area (Å²) >= 11 is 4.67. The normalized spacial score (nSPS) is 11.4. The predicted octanol–water partition coefficient (Wildman–Crippen LogP) is 4.83. The van der Waals surface area contributed by atoms with Gasteiger partial charge in [0.15, 0.2) is 5.78 Å². The van der Waals surface area contributed by atoms with Crippen molar-refractivity contribution in [3.05, 3.63) is 50.6 Å². The second-order valence-electron chi connectivity index (χ2n) is 3.93. The van der Waals surface area contributed by atoms with E-state index in [-0.39, 0.29) is 18.0 Å². The number of hydrogen-bond acceptors (Lipinski definition) is 3. The Morgan fingerprint density at radius 2 is 1.90 bits per heavy atom. The largest absolute Gasteiger partial charge is 0.573 e. The van der Waals surface area contributed by atoms with E-state index < -0.39 is 6.36 Å². The molecule has 0 saturated heterocycles. The fraction of sp³-hybridized carbons (Fsp3) is 0.154. The minimum atomic E-state index is -4.71. The monoisotopic (exact) mass is 364 g/mol. The van der Waals surface area contributed by atoms with E-state index in [1.54, 1.807) is 11.4 Å². The van der Waals surface area contributed by atoms with Crippen LogP contribution in [-0.2, 0) is 6.42 Å². The summed E-state index contributed by atoms with van der Waals surface area (Å²) in [6, 6.07) is 6.99. The Kier molecular flexibility index (Phi) is 4.49. The summed E-state index contributed by atoms with van der Waals surface area (Å²) in [7, 11) is 0. The summed E-state index contributed by atoms with van der Waals surface area (Å²) in [5.41, 5.74) is 1.21. The summed E-state index contributed by atoms with van der Waals surface area (Å²) in [6.07, 6.45) is -4.57. The zero-order valence-electron chi connectivity index (χ0n) is 9.91. The molecule has 0 amide bonds. The number of hydrogen-bond donors (Lipinski definition) is 0. The van der Waals surface area contributed by atoms with E-state index >= 15 is 0 Å². The summed E-state index contributed by atoms with van der Waals surface area (Å²) in [6.45, 7) is 0. The molecule has 2 rings (SSSR count). The topological polar surface area (TPSA) is 26.3 Å². The molecule has 2 nitrogen and oxygen atoms in total. The smallest absolute Gasteiger partial charge is 0.406 e. The van der Waals surface area contributed by atoms with Crippen LogP contribution >= 0.6 is 27.3 Å². The predicted molar refractivity (Wildman–Crippen MR) is 73.2 cm³/mol. The molecule has 0 saturated carbocycles. The molecule has 1 heterocycles. The molecule has 0 aliphatic carbocycles. The first kappa shape index (κ1) is 15.1. The van der Waals surface area contributed by atoms with E-state index in [9.17, 15) is 18.0 Å². The maximum Gasteiger partial charge on any atom is 0.573 e. The van der Waals surface area contributed by atoms with Crippen LogP contribution in [0.2, 0.25) is 0 Å². The minimum absolute atomic E-state index is 0.0866. The summed E-state index contributed by atoms with van der Waals surface area (Å²) < 4.78 is 40.6. The van der Waals surface area contributed by atoms with Gasteiger partial charge >= 0.3 is 6.36 Å². The fourth-order valence-corrected chi connectivity index (χ4v) is 2.71. The maximum absolute atomic E-state index is 12.0. The van der Waals surface area contributed by atoms with Gasteiger partial charge < -0.3 is 4.74 Å². The molecule has 1 aromatic heterocycles. The van der Waals surface area contributed by atoms with Crippen LogP contribution in [0.4, 0.5) is 13.2 Å². The van der Waals surface area contributed by atoms with Gasteiger partial charge in [-0.05, 0) is 39.7 Å². The Morgan fingerprint density at radius 3 is 2.40 bits per heavy atom. The average molecular weight is 365 g/mol. The van der Waals surface area contributed by atoms with Crippen LogP contribution in [0.15, 0.2) is 39.5 Å². The lowest BCUT2D eigenvalue weighted by Crippen LogP contribution is -2.17. The first-order valence-electron chi connectivity index (χ1n) is 5.45. The SMILES string of the molecule is O=C(Cc1ccc(OC(F)(F)F)cc1)c1csc(Br)c1. The van der Waals surface area contributed by atoms with Crippen LogP contribution in [0, 0.1) is 0 Å². The number of alkyl halides is 3. The maximum atomic E-state index is 12.0. The third-order valence-corrected chi connectivity index (χ3v) is 3.92. The van der Waals surface area contributed by atoms with E-state index in [1.165, 1.54) is 35.6 Å². The van der Waals surface area contributed by atoms with Crippen molar-refractivity contribution in [2.45, 2.75) is 12.8 Å². The molecular weight excluding hydrogens is 357 g/mol. The molecule has 0 unspecified atom stereocenters. The van der Waals surface area contributed by atoms with Gasteiger partial charge in [0.05, 0.1) is 3.79 Å². The van der Waals surface area contributed by atoms with E-state index in [0.717, 1.165) is 3.79 Å². The molecule has 7 heteroatoms. The van der Waals surface area contributed by atoms with Gasteiger partial charge in [-0.15, -0.1) is 24.5 Å². The molecule has 0 spiro atoms. The molecule has 0 bridgehead atoms. The second-order valence-corrected chi connectivity index (χ2v) is 6.22. The summed E-state index contributed by atoms with van der Waals surface area (Å²) in [5.74, 6) is -0.386. The summed E-state index contributed by atoms with van der Waals surface area (Å²) in [4.78, 5) is 11.9. The molecule has 0 N–H and O–H groups in total. The van der Waals surface area contributed by atoms with Gasteiger partial charge in [0.2, 0.25) is 0 Å². The molecule has 0 radical (unpaired) electrons. The van der Waals surface area contributed by atoms with Gasteiger partial charge in [-0.1, -0.05) is 12.1 Å². The zero-order chi connectivity index (χ0) is 14.8. The molecule has 20 heavy (non-hydrogen) atoms. The van der Waals surface area contributed by atoms with Crippen molar-refractivity contribution in [3.63, 3.8) is 0 Å². The molecule has 0 aliphatic heterocycles. The molecular formula is C13H8BrF3O2S. The highest BCUT2D eigenvalue weighted by molar-refractivity contribution is 9.11. The number of rotatable bonds is 4. The van der Waals surface area contributed by atoms with Gasteiger partial charge in [-0.25, -0.2) is 0 Å². The second kappa shape index (κ2) is 5.97. The van der Waals surface area contributed by atoms with E-state index in [0.29, 0.717) is 11.1 Å². The van der Waals surface area contributed by atoms with Crippen LogP contribution in [0.5, 0.6) is 5.75 Å². The first-order valence-corrected chi connectivity index (χ1v) is 7.13. The van der Waals surface area contributed by atoms with E-state index in [2.05, 4.69) is 20.7 Å². The number of ketones is 1. The number of Topliss-reactive ketones (excluding diaryl/α,β-unsaturated/α-hetero) is 1. The van der Waals surface area contributed by atoms with Crippen LogP contribution in [0.3, 0.4) is 0 Å².